The topological polar surface area (TPSA) is 59.5 Å². The van der Waals surface area contributed by atoms with Crippen molar-refractivity contribution in [2.75, 3.05) is 43.6 Å². The van der Waals surface area contributed by atoms with Crippen LogP contribution < -0.4 is 15.0 Å². The summed E-state index contributed by atoms with van der Waals surface area (Å²) in [6.45, 7) is 6.91. The van der Waals surface area contributed by atoms with E-state index >= 15 is 0 Å². The zero-order valence-corrected chi connectivity index (χ0v) is 14.9. The lowest BCUT2D eigenvalue weighted by Gasteiger charge is -2.27. The molecule has 0 spiro atoms. The van der Waals surface area contributed by atoms with Gasteiger partial charge in [-0.1, -0.05) is 11.6 Å². The molecule has 0 unspecified atom stereocenters. The van der Waals surface area contributed by atoms with Gasteiger partial charge in [-0.3, -0.25) is 0 Å². The van der Waals surface area contributed by atoms with Gasteiger partial charge in [0, 0.05) is 35.9 Å². The van der Waals surface area contributed by atoms with E-state index in [1.165, 1.54) is 0 Å². The third-order valence-electron chi connectivity index (χ3n) is 3.88. The monoisotopic (exact) mass is 348 g/mol. The maximum Gasteiger partial charge on any atom is 0.227 e. The second-order valence-corrected chi connectivity index (χ2v) is 6.13. The Kier molecular flexibility index (Phi) is 5.06. The average Bonchev–Trinajstić information content (AvgIpc) is 2.58. The Labute approximate surface area is 146 Å². The summed E-state index contributed by atoms with van der Waals surface area (Å²) >= 11 is 6.17. The van der Waals surface area contributed by atoms with Gasteiger partial charge in [0.05, 0.1) is 26.0 Å². The molecule has 1 aliphatic heterocycles. The molecule has 0 aliphatic carbocycles. The van der Waals surface area contributed by atoms with Crippen molar-refractivity contribution in [3.8, 4) is 5.75 Å². The van der Waals surface area contributed by atoms with Crippen LogP contribution >= 0.6 is 11.6 Å². The normalized spacial score (nSPS) is 14.6. The summed E-state index contributed by atoms with van der Waals surface area (Å²) in [6.07, 6.45) is 0. The quantitative estimate of drug-likeness (QED) is 0.914. The Morgan fingerprint density at radius 3 is 2.62 bits per heavy atom. The largest absolute Gasteiger partial charge is 0.495 e. The van der Waals surface area contributed by atoms with Crippen LogP contribution in [0.25, 0.3) is 0 Å². The molecule has 1 fully saturated rings. The fourth-order valence-corrected chi connectivity index (χ4v) is 2.74. The second kappa shape index (κ2) is 7.23. The van der Waals surface area contributed by atoms with Crippen molar-refractivity contribution in [2.45, 2.75) is 13.8 Å². The van der Waals surface area contributed by atoms with E-state index in [4.69, 9.17) is 21.1 Å². The number of methoxy groups -OCH3 is 1. The molecule has 3 rings (SSSR count). The number of benzene rings is 1. The van der Waals surface area contributed by atoms with Gasteiger partial charge >= 0.3 is 0 Å². The Morgan fingerprint density at radius 1 is 1.17 bits per heavy atom. The Morgan fingerprint density at radius 2 is 1.92 bits per heavy atom. The molecule has 1 aliphatic rings. The first-order chi connectivity index (χ1) is 11.6. The second-order valence-electron chi connectivity index (χ2n) is 5.72. The molecule has 1 aromatic heterocycles. The van der Waals surface area contributed by atoms with Gasteiger partial charge in [-0.15, -0.1) is 0 Å². The van der Waals surface area contributed by atoms with Crippen LogP contribution in [0.3, 0.4) is 0 Å². The van der Waals surface area contributed by atoms with Gasteiger partial charge in [-0.05, 0) is 25.5 Å². The Hall–Kier alpha value is -2.05. The highest BCUT2D eigenvalue weighted by atomic mass is 35.5. The minimum atomic E-state index is 0.672. The zero-order chi connectivity index (χ0) is 17.1. The summed E-state index contributed by atoms with van der Waals surface area (Å²) in [6, 6.07) is 5.66. The predicted octanol–water partition coefficient (Wildman–Crippen LogP) is 3.34. The highest BCUT2D eigenvalue weighted by molar-refractivity contribution is 6.31. The molecule has 0 saturated carbocycles. The van der Waals surface area contributed by atoms with Crippen LogP contribution in [0.4, 0.5) is 17.5 Å². The Bertz CT molecular complexity index is 733. The van der Waals surface area contributed by atoms with Crippen molar-refractivity contribution in [1.82, 2.24) is 9.97 Å². The molecule has 128 valence electrons. The van der Waals surface area contributed by atoms with Gasteiger partial charge in [0.25, 0.3) is 0 Å². The minimum absolute atomic E-state index is 0.672. The number of anilines is 3. The van der Waals surface area contributed by atoms with E-state index in [9.17, 15) is 0 Å². The lowest BCUT2D eigenvalue weighted by Crippen LogP contribution is -2.37. The maximum atomic E-state index is 6.17. The third kappa shape index (κ3) is 3.71. The zero-order valence-electron chi connectivity index (χ0n) is 14.1. The first-order valence-electron chi connectivity index (χ1n) is 7.86. The average molecular weight is 349 g/mol. The molecule has 2 heterocycles. The smallest absolute Gasteiger partial charge is 0.227 e. The van der Waals surface area contributed by atoms with E-state index in [0.29, 0.717) is 29.9 Å². The number of hydrogen-bond acceptors (Lipinski definition) is 6. The number of aryl methyl sites for hydroxylation is 2. The van der Waals surface area contributed by atoms with E-state index in [2.05, 4.69) is 20.2 Å². The number of morpholine rings is 1. The number of ether oxygens (including phenoxy) is 2. The predicted molar refractivity (Wildman–Crippen MR) is 95.8 cm³/mol. The van der Waals surface area contributed by atoms with Crippen molar-refractivity contribution in [1.29, 1.82) is 0 Å². The summed E-state index contributed by atoms with van der Waals surface area (Å²) in [4.78, 5) is 11.3. The van der Waals surface area contributed by atoms with Gasteiger partial charge in [0.2, 0.25) is 5.95 Å². The van der Waals surface area contributed by atoms with Crippen LogP contribution in [-0.4, -0.2) is 43.4 Å². The van der Waals surface area contributed by atoms with Crippen LogP contribution in [0.15, 0.2) is 18.2 Å². The molecular formula is C17H21ClN4O2. The van der Waals surface area contributed by atoms with Crippen LogP contribution in [0, 0.1) is 13.8 Å². The lowest BCUT2D eigenvalue weighted by atomic mass is 10.2. The van der Waals surface area contributed by atoms with Gasteiger partial charge in [-0.2, -0.15) is 4.98 Å². The number of nitrogens with one attached hydrogen (secondary N) is 1. The maximum absolute atomic E-state index is 6.17. The van der Waals surface area contributed by atoms with E-state index in [1.54, 1.807) is 13.2 Å². The van der Waals surface area contributed by atoms with Crippen LogP contribution in [0.5, 0.6) is 5.75 Å². The molecule has 0 radical (unpaired) electrons. The van der Waals surface area contributed by atoms with Crippen molar-refractivity contribution < 1.29 is 9.47 Å². The highest BCUT2D eigenvalue weighted by Gasteiger charge is 2.16. The van der Waals surface area contributed by atoms with Crippen molar-refractivity contribution in [2.24, 2.45) is 0 Å². The number of rotatable bonds is 4. The standard InChI is InChI=1S/C17H21ClN4O2/c1-11-8-14(15(23-3)10-13(11)18)20-16-9-12(2)19-17(21-16)22-4-6-24-7-5-22/h8-10H,4-7H2,1-3H3,(H,19,20,21). The number of nitrogens with zero attached hydrogens (tertiary/aromatic N) is 3. The summed E-state index contributed by atoms with van der Waals surface area (Å²) in [5.41, 5.74) is 2.70. The first-order valence-corrected chi connectivity index (χ1v) is 8.24. The van der Waals surface area contributed by atoms with Crippen LogP contribution in [-0.2, 0) is 4.74 Å². The minimum Gasteiger partial charge on any atom is -0.495 e. The molecule has 24 heavy (non-hydrogen) atoms. The molecule has 0 bridgehead atoms. The SMILES string of the molecule is COc1cc(Cl)c(C)cc1Nc1cc(C)nc(N2CCOCC2)n1. The van der Waals surface area contributed by atoms with Crippen molar-refractivity contribution in [3.05, 3.63) is 34.5 Å². The summed E-state index contributed by atoms with van der Waals surface area (Å²) < 4.78 is 10.8. The van der Waals surface area contributed by atoms with Crippen molar-refractivity contribution >= 4 is 29.1 Å². The fraction of sp³-hybridized carbons (Fsp3) is 0.412. The lowest BCUT2D eigenvalue weighted by molar-refractivity contribution is 0.122. The molecule has 6 nitrogen and oxygen atoms in total. The molecular weight excluding hydrogens is 328 g/mol. The van der Waals surface area contributed by atoms with Crippen LogP contribution in [0.1, 0.15) is 11.3 Å². The molecule has 0 amide bonds. The van der Waals surface area contributed by atoms with E-state index in [1.807, 2.05) is 26.0 Å². The van der Waals surface area contributed by atoms with Gasteiger partial charge in [0.15, 0.2) is 0 Å². The fourth-order valence-electron chi connectivity index (χ4n) is 2.59. The van der Waals surface area contributed by atoms with Gasteiger partial charge in [-0.25, -0.2) is 4.98 Å². The van der Waals surface area contributed by atoms with E-state index in [-0.39, 0.29) is 0 Å². The number of hydrogen-bond donors (Lipinski definition) is 1. The molecule has 0 atom stereocenters. The van der Waals surface area contributed by atoms with Crippen molar-refractivity contribution in [3.63, 3.8) is 0 Å². The molecule has 7 heteroatoms. The first kappa shape index (κ1) is 16.8. The molecule has 1 saturated heterocycles. The van der Waals surface area contributed by atoms with Gasteiger partial charge < -0.3 is 19.7 Å². The summed E-state index contributed by atoms with van der Waals surface area (Å²) in [5.74, 6) is 2.12. The molecule has 1 N–H and O–H groups in total. The van der Waals surface area contributed by atoms with E-state index in [0.717, 1.165) is 35.9 Å². The van der Waals surface area contributed by atoms with Gasteiger partial charge in [0.1, 0.15) is 11.6 Å². The number of aromatic nitrogens is 2. The summed E-state index contributed by atoms with van der Waals surface area (Å²) in [7, 11) is 1.62. The highest BCUT2D eigenvalue weighted by Crippen LogP contribution is 2.33. The van der Waals surface area contributed by atoms with E-state index < -0.39 is 0 Å². The molecule has 2 aromatic rings. The summed E-state index contributed by atoms with van der Waals surface area (Å²) in [5, 5.41) is 3.99. The number of halogens is 1. The Balaban J connectivity index is 1.90. The molecule has 1 aromatic carbocycles. The van der Waals surface area contributed by atoms with Crippen LogP contribution in [0.2, 0.25) is 5.02 Å². The third-order valence-corrected chi connectivity index (χ3v) is 4.29.